The van der Waals surface area contributed by atoms with Crippen LogP contribution in [0.4, 0.5) is 18.9 Å². The first kappa shape index (κ1) is 19.1. The van der Waals surface area contributed by atoms with Crippen LogP contribution in [0.3, 0.4) is 0 Å². The van der Waals surface area contributed by atoms with Gasteiger partial charge in [-0.25, -0.2) is 4.98 Å². The van der Waals surface area contributed by atoms with Crippen LogP contribution < -0.4 is 5.32 Å². The van der Waals surface area contributed by atoms with Crippen molar-refractivity contribution in [2.24, 2.45) is 0 Å². The van der Waals surface area contributed by atoms with Crippen molar-refractivity contribution < 1.29 is 18.0 Å². The molecule has 0 atom stereocenters. The number of rotatable bonds is 4. The van der Waals surface area contributed by atoms with Crippen LogP contribution in [0, 0.1) is 6.92 Å². The fourth-order valence-electron chi connectivity index (χ4n) is 2.80. The van der Waals surface area contributed by atoms with E-state index in [1.54, 1.807) is 23.5 Å². The van der Waals surface area contributed by atoms with E-state index in [-0.39, 0.29) is 6.54 Å². The predicted molar refractivity (Wildman–Crippen MR) is 106 cm³/mol. The van der Waals surface area contributed by atoms with E-state index in [1.165, 1.54) is 5.56 Å². The molecule has 2 aromatic heterocycles. The lowest BCUT2D eigenvalue weighted by atomic mass is 10.2. The molecule has 1 N–H and O–H groups in total. The lowest BCUT2D eigenvalue weighted by molar-refractivity contribution is -0.141. The Labute approximate surface area is 167 Å². The molecule has 0 aliphatic carbocycles. The van der Waals surface area contributed by atoms with Crippen molar-refractivity contribution in [3.8, 4) is 10.6 Å². The Morgan fingerprint density at radius 2 is 1.90 bits per heavy atom. The molecule has 2 aromatic carbocycles. The summed E-state index contributed by atoms with van der Waals surface area (Å²) in [5, 5.41) is 6.90. The molecule has 0 radical (unpaired) electrons. The third kappa shape index (κ3) is 4.29. The largest absolute Gasteiger partial charge is 0.435 e. The zero-order chi connectivity index (χ0) is 20.6. The van der Waals surface area contributed by atoms with Gasteiger partial charge < -0.3 is 5.32 Å². The maximum atomic E-state index is 12.6. The first-order valence-electron chi connectivity index (χ1n) is 8.66. The van der Waals surface area contributed by atoms with Crippen LogP contribution in [0.25, 0.3) is 20.8 Å². The highest BCUT2D eigenvalue weighted by Crippen LogP contribution is 2.31. The molecule has 0 aliphatic rings. The first-order valence-corrected chi connectivity index (χ1v) is 9.48. The van der Waals surface area contributed by atoms with Crippen molar-refractivity contribution >= 4 is 33.1 Å². The molecule has 9 heteroatoms. The van der Waals surface area contributed by atoms with Gasteiger partial charge in [-0.05, 0) is 55.0 Å². The number of nitrogens with zero attached hydrogens (tertiary/aromatic N) is 3. The highest BCUT2D eigenvalue weighted by Gasteiger charge is 2.33. The summed E-state index contributed by atoms with van der Waals surface area (Å²) < 4.78 is 39.8. The summed E-state index contributed by atoms with van der Waals surface area (Å²) in [5.74, 6) is -0.468. The van der Waals surface area contributed by atoms with Crippen molar-refractivity contribution in [1.29, 1.82) is 0 Å². The number of halogens is 3. The normalized spacial score (nSPS) is 11.7. The molecule has 0 saturated heterocycles. The third-order valence-electron chi connectivity index (χ3n) is 4.20. The van der Waals surface area contributed by atoms with Crippen LogP contribution in [-0.4, -0.2) is 20.7 Å². The van der Waals surface area contributed by atoms with Gasteiger partial charge >= 0.3 is 6.18 Å². The summed E-state index contributed by atoms with van der Waals surface area (Å²) in [6.45, 7) is 1.72. The van der Waals surface area contributed by atoms with Gasteiger partial charge in [-0.3, -0.25) is 9.48 Å². The molecule has 2 heterocycles. The number of hydrogen-bond acceptors (Lipinski definition) is 4. The molecule has 0 bridgehead atoms. The van der Waals surface area contributed by atoms with Crippen LogP contribution in [0.5, 0.6) is 0 Å². The Kier molecular flexibility index (Phi) is 4.83. The van der Waals surface area contributed by atoms with Crippen LogP contribution in [0.1, 0.15) is 11.3 Å². The minimum atomic E-state index is -4.53. The molecule has 0 aliphatic heterocycles. The average molecular weight is 416 g/mol. The molecule has 29 heavy (non-hydrogen) atoms. The second kappa shape index (κ2) is 7.32. The molecular formula is C20H15F3N4OS. The predicted octanol–water partition coefficient (Wildman–Crippen LogP) is 5.13. The second-order valence-corrected chi connectivity index (χ2v) is 7.54. The Morgan fingerprint density at radius 1 is 1.14 bits per heavy atom. The van der Waals surface area contributed by atoms with E-state index in [9.17, 15) is 18.0 Å². The smallest absolute Gasteiger partial charge is 0.324 e. The number of carbonyl (C=O) groups is 1. The van der Waals surface area contributed by atoms with Crippen molar-refractivity contribution in [1.82, 2.24) is 14.8 Å². The van der Waals surface area contributed by atoms with E-state index in [0.29, 0.717) is 5.69 Å². The van der Waals surface area contributed by atoms with Gasteiger partial charge in [0.2, 0.25) is 5.91 Å². The number of amides is 1. The number of alkyl halides is 3. The second-order valence-electron chi connectivity index (χ2n) is 6.51. The van der Waals surface area contributed by atoms with Crippen LogP contribution in [-0.2, 0) is 17.5 Å². The molecule has 4 aromatic rings. The van der Waals surface area contributed by atoms with Crippen molar-refractivity contribution in [3.05, 3.63) is 66.0 Å². The number of benzene rings is 2. The topological polar surface area (TPSA) is 59.8 Å². The number of fused-ring (bicyclic) bond motifs is 1. The van der Waals surface area contributed by atoms with Gasteiger partial charge in [-0.2, -0.15) is 18.3 Å². The number of carbonyl (C=O) groups excluding carboxylic acids is 1. The highest BCUT2D eigenvalue weighted by atomic mass is 32.1. The van der Waals surface area contributed by atoms with E-state index < -0.39 is 17.8 Å². The Balaban J connectivity index is 1.43. The number of hydrogen-bond donors (Lipinski definition) is 1. The molecule has 148 valence electrons. The van der Waals surface area contributed by atoms with Gasteiger partial charge in [0.1, 0.15) is 11.6 Å². The van der Waals surface area contributed by atoms with Gasteiger partial charge in [0.15, 0.2) is 5.69 Å². The molecule has 5 nitrogen and oxygen atoms in total. The zero-order valence-electron chi connectivity index (χ0n) is 15.2. The van der Waals surface area contributed by atoms with Crippen molar-refractivity contribution in [3.63, 3.8) is 0 Å². The van der Waals surface area contributed by atoms with Crippen LogP contribution >= 0.6 is 11.3 Å². The summed E-state index contributed by atoms with van der Waals surface area (Å²) in [5.41, 5.74) is 2.54. The van der Waals surface area contributed by atoms with E-state index in [4.69, 9.17) is 0 Å². The summed E-state index contributed by atoms with van der Waals surface area (Å²) in [7, 11) is 0. The summed E-state index contributed by atoms with van der Waals surface area (Å²) >= 11 is 1.59. The highest BCUT2D eigenvalue weighted by molar-refractivity contribution is 7.21. The molecule has 0 unspecified atom stereocenters. The third-order valence-corrected chi connectivity index (χ3v) is 5.26. The number of aromatic nitrogens is 3. The first-order chi connectivity index (χ1) is 13.8. The van der Waals surface area contributed by atoms with E-state index in [1.807, 2.05) is 31.2 Å². The van der Waals surface area contributed by atoms with E-state index >= 15 is 0 Å². The van der Waals surface area contributed by atoms with Gasteiger partial charge in [-0.1, -0.05) is 6.07 Å². The minimum absolute atomic E-state index is 0.310. The lowest BCUT2D eigenvalue weighted by Crippen LogP contribution is -2.19. The summed E-state index contributed by atoms with van der Waals surface area (Å²) in [4.78, 5) is 16.7. The van der Waals surface area contributed by atoms with Gasteiger partial charge in [0, 0.05) is 17.4 Å². The maximum Gasteiger partial charge on any atom is 0.435 e. The maximum absolute atomic E-state index is 12.6. The van der Waals surface area contributed by atoms with E-state index in [0.717, 1.165) is 37.7 Å². The van der Waals surface area contributed by atoms with Gasteiger partial charge in [0.25, 0.3) is 0 Å². The summed E-state index contributed by atoms with van der Waals surface area (Å²) in [6, 6.07) is 14.1. The minimum Gasteiger partial charge on any atom is -0.324 e. The number of thiazole rings is 1. The Bertz CT molecular complexity index is 1180. The fraction of sp³-hybridized carbons (Fsp3) is 0.150. The lowest BCUT2D eigenvalue weighted by Gasteiger charge is -2.06. The molecule has 0 spiro atoms. The number of anilines is 1. The molecule has 0 saturated carbocycles. The fourth-order valence-corrected chi connectivity index (χ4v) is 3.87. The quantitative estimate of drug-likeness (QED) is 0.502. The number of nitrogens with one attached hydrogen (secondary N) is 1. The number of aryl methyl sites for hydroxylation is 1. The standard InChI is InChI=1S/C20H15F3N4OS/c1-12-2-7-15-16(10-12)29-19(25-15)13-3-5-14(6-4-13)24-18(28)11-27-9-8-17(26-27)20(21,22)23/h2-10H,11H2,1H3,(H,24,28). The summed E-state index contributed by atoms with van der Waals surface area (Å²) in [6.07, 6.45) is -3.41. The Morgan fingerprint density at radius 3 is 2.59 bits per heavy atom. The van der Waals surface area contributed by atoms with Crippen LogP contribution in [0.15, 0.2) is 54.7 Å². The van der Waals surface area contributed by atoms with Crippen LogP contribution in [0.2, 0.25) is 0 Å². The van der Waals surface area contributed by atoms with Crippen molar-refractivity contribution in [2.75, 3.05) is 5.32 Å². The monoisotopic (exact) mass is 416 g/mol. The Hall–Kier alpha value is -3.20. The van der Waals surface area contributed by atoms with Crippen molar-refractivity contribution in [2.45, 2.75) is 19.6 Å². The van der Waals surface area contributed by atoms with Gasteiger partial charge in [-0.15, -0.1) is 11.3 Å². The molecule has 0 fully saturated rings. The molecule has 4 rings (SSSR count). The molecule has 1 amide bonds. The molecular weight excluding hydrogens is 401 g/mol. The zero-order valence-corrected chi connectivity index (χ0v) is 16.0. The average Bonchev–Trinajstić information content (AvgIpc) is 3.28. The van der Waals surface area contributed by atoms with Gasteiger partial charge in [0.05, 0.1) is 10.2 Å². The van der Waals surface area contributed by atoms with E-state index in [2.05, 4.69) is 21.5 Å². The SMILES string of the molecule is Cc1ccc2nc(-c3ccc(NC(=O)Cn4ccc(C(F)(F)F)n4)cc3)sc2c1.